The Morgan fingerprint density at radius 2 is 1.97 bits per heavy atom. The van der Waals surface area contributed by atoms with Gasteiger partial charge in [-0.15, -0.1) is 0 Å². The molecule has 174 valence electrons. The maximum atomic E-state index is 9.52. The maximum absolute atomic E-state index is 9.52. The fourth-order valence-electron chi connectivity index (χ4n) is 3.86. The molecule has 0 aliphatic carbocycles. The zero-order valence-electron chi connectivity index (χ0n) is 19.3. The lowest BCUT2D eigenvalue weighted by molar-refractivity contribution is 0.0255. The largest absolute Gasteiger partial charge is 0.490 e. The second-order valence-electron chi connectivity index (χ2n) is 8.29. The topological polar surface area (TPSA) is 127 Å². The Hall–Kier alpha value is -3.96. The summed E-state index contributed by atoms with van der Waals surface area (Å²) in [5.74, 6) is 1.15. The predicted molar refractivity (Wildman–Crippen MR) is 128 cm³/mol. The second-order valence-corrected chi connectivity index (χ2v) is 8.29. The normalized spacial score (nSPS) is 13.8. The van der Waals surface area contributed by atoms with Crippen LogP contribution in [0.25, 0.3) is 0 Å². The van der Waals surface area contributed by atoms with Gasteiger partial charge in [0.15, 0.2) is 0 Å². The molecule has 0 atom stereocenters. The third-order valence-electron chi connectivity index (χ3n) is 5.84. The number of aromatic nitrogens is 2. The van der Waals surface area contributed by atoms with Crippen molar-refractivity contribution in [2.75, 3.05) is 18.9 Å². The third-order valence-corrected chi connectivity index (χ3v) is 5.84. The van der Waals surface area contributed by atoms with Crippen LogP contribution >= 0.6 is 0 Å². The zero-order valence-corrected chi connectivity index (χ0v) is 19.3. The third kappa shape index (κ3) is 5.33. The Morgan fingerprint density at radius 1 is 1.18 bits per heavy atom. The molecule has 1 saturated heterocycles. The minimum Gasteiger partial charge on any atom is -0.490 e. The smallest absolute Gasteiger partial charge is 0.121 e. The molecule has 8 heteroatoms. The number of nitrogen functional groups attached to an aromatic ring is 1. The van der Waals surface area contributed by atoms with Crippen LogP contribution in [0.5, 0.6) is 11.5 Å². The summed E-state index contributed by atoms with van der Waals surface area (Å²) in [6, 6.07) is 12.5. The van der Waals surface area contributed by atoms with Gasteiger partial charge in [0, 0.05) is 35.2 Å². The van der Waals surface area contributed by atoms with Crippen LogP contribution in [0.15, 0.2) is 42.6 Å². The molecule has 1 fully saturated rings. The van der Waals surface area contributed by atoms with E-state index < -0.39 is 0 Å². The fourth-order valence-corrected chi connectivity index (χ4v) is 3.86. The lowest BCUT2D eigenvalue weighted by atomic mass is 9.98. The van der Waals surface area contributed by atoms with Crippen LogP contribution < -0.4 is 15.2 Å². The van der Waals surface area contributed by atoms with Crippen LogP contribution in [0.1, 0.15) is 46.4 Å². The highest BCUT2D eigenvalue weighted by Crippen LogP contribution is 2.27. The molecule has 1 aromatic heterocycles. The summed E-state index contributed by atoms with van der Waals surface area (Å²) in [5.41, 5.74) is 11.1. The van der Waals surface area contributed by atoms with Gasteiger partial charge in [0.2, 0.25) is 0 Å². The molecule has 0 bridgehead atoms. The number of nitrogens with zero attached hydrogens (tertiary/aromatic N) is 3. The number of nitrogens with one attached hydrogen (secondary N) is 1. The van der Waals surface area contributed by atoms with E-state index in [2.05, 4.69) is 16.3 Å². The molecular formula is C26H27N5O3. The maximum Gasteiger partial charge on any atom is 0.121 e. The van der Waals surface area contributed by atoms with Crippen LogP contribution in [0, 0.1) is 30.6 Å². The van der Waals surface area contributed by atoms with E-state index in [4.69, 9.17) is 25.4 Å². The van der Waals surface area contributed by atoms with Gasteiger partial charge < -0.3 is 19.9 Å². The Morgan fingerprint density at radius 3 is 2.71 bits per heavy atom. The molecule has 4 rings (SSSR count). The molecule has 0 radical (unpaired) electrons. The SMILES string of the molecule is Cc1cnnc(C)c1COc1ccc(N)c(C(=N)c2cc(C#N)cc(OC3CCOCC3)c2)c1. The van der Waals surface area contributed by atoms with E-state index >= 15 is 0 Å². The van der Waals surface area contributed by atoms with E-state index in [1.807, 2.05) is 13.8 Å². The van der Waals surface area contributed by atoms with Crippen LogP contribution in [0.4, 0.5) is 5.69 Å². The minimum absolute atomic E-state index is 0.0288. The number of anilines is 1. The van der Waals surface area contributed by atoms with Gasteiger partial charge in [-0.2, -0.15) is 15.5 Å². The zero-order chi connectivity index (χ0) is 24.1. The van der Waals surface area contributed by atoms with Crippen molar-refractivity contribution in [3.8, 4) is 17.6 Å². The molecule has 3 N–H and O–H groups in total. The number of benzene rings is 2. The Balaban J connectivity index is 1.57. The van der Waals surface area contributed by atoms with Gasteiger partial charge in [-0.3, -0.25) is 5.41 Å². The molecule has 3 aromatic rings. The van der Waals surface area contributed by atoms with E-state index in [0.29, 0.717) is 53.7 Å². The molecule has 0 spiro atoms. The van der Waals surface area contributed by atoms with E-state index in [-0.39, 0.29) is 11.8 Å². The van der Waals surface area contributed by atoms with Crippen molar-refractivity contribution < 1.29 is 14.2 Å². The van der Waals surface area contributed by atoms with Crippen LogP contribution in [0.2, 0.25) is 0 Å². The van der Waals surface area contributed by atoms with Crippen molar-refractivity contribution in [3.05, 3.63) is 76.1 Å². The van der Waals surface area contributed by atoms with Gasteiger partial charge in [0.05, 0.1) is 42.4 Å². The summed E-state index contributed by atoms with van der Waals surface area (Å²) in [4.78, 5) is 0. The van der Waals surface area contributed by atoms with Gasteiger partial charge in [-0.25, -0.2) is 0 Å². The van der Waals surface area contributed by atoms with Crippen molar-refractivity contribution in [2.45, 2.75) is 39.4 Å². The Kier molecular flexibility index (Phi) is 7.04. The van der Waals surface area contributed by atoms with Gasteiger partial charge >= 0.3 is 0 Å². The first-order valence-electron chi connectivity index (χ1n) is 11.1. The fraction of sp³-hybridized carbons (Fsp3) is 0.308. The Labute approximate surface area is 198 Å². The number of nitriles is 1. The molecular weight excluding hydrogens is 430 g/mol. The molecule has 0 saturated carbocycles. The number of aryl methyl sites for hydroxylation is 2. The first kappa shape index (κ1) is 23.2. The highest BCUT2D eigenvalue weighted by atomic mass is 16.5. The summed E-state index contributed by atoms with van der Waals surface area (Å²) >= 11 is 0. The molecule has 1 aliphatic rings. The Bertz CT molecular complexity index is 1230. The summed E-state index contributed by atoms with van der Waals surface area (Å²) in [7, 11) is 0. The van der Waals surface area contributed by atoms with E-state index in [0.717, 1.165) is 29.7 Å². The number of ether oxygens (including phenoxy) is 3. The van der Waals surface area contributed by atoms with Crippen molar-refractivity contribution >= 4 is 11.4 Å². The molecule has 2 aromatic carbocycles. The quantitative estimate of drug-likeness (QED) is 0.404. The molecule has 1 aliphatic heterocycles. The van der Waals surface area contributed by atoms with Crippen molar-refractivity contribution in [3.63, 3.8) is 0 Å². The second kappa shape index (κ2) is 10.3. The van der Waals surface area contributed by atoms with E-state index in [9.17, 15) is 5.26 Å². The predicted octanol–water partition coefficient (Wildman–Crippen LogP) is 4.10. The monoisotopic (exact) mass is 457 g/mol. The van der Waals surface area contributed by atoms with Gasteiger partial charge in [-0.05, 0) is 55.8 Å². The van der Waals surface area contributed by atoms with Gasteiger partial charge in [0.25, 0.3) is 0 Å². The molecule has 0 unspecified atom stereocenters. The summed E-state index contributed by atoms with van der Waals surface area (Å²) < 4.78 is 17.5. The molecule has 0 amide bonds. The van der Waals surface area contributed by atoms with Crippen LogP contribution in [-0.4, -0.2) is 35.2 Å². The highest BCUT2D eigenvalue weighted by Gasteiger charge is 2.18. The number of hydrogen-bond donors (Lipinski definition) is 2. The van der Waals surface area contributed by atoms with Gasteiger partial charge in [-0.1, -0.05) is 0 Å². The summed E-state index contributed by atoms with van der Waals surface area (Å²) in [5, 5.41) is 26.4. The number of hydrogen-bond acceptors (Lipinski definition) is 8. The molecule has 8 nitrogen and oxygen atoms in total. The number of rotatable bonds is 7. The first-order chi connectivity index (χ1) is 16.4. The molecule has 34 heavy (non-hydrogen) atoms. The van der Waals surface area contributed by atoms with E-state index in [1.165, 1.54) is 0 Å². The lowest BCUT2D eigenvalue weighted by Crippen LogP contribution is -2.26. The van der Waals surface area contributed by atoms with Crippen LogP contribution in [-0.2, 0) is 11.3 Å². The van der Waals surface area contributed by atoms with Crippen LogP contribution in [0.3, 0.4) is 0 Å². The first-order valence-corrected chi connectivity index (χ1v) is 11.1. The summed E-state index contributed by atoms with van der Waals surface area (Å²) in [6.07, 6.45) is 3.32. The lowest BCUT2D eigenvalue weighted by Gasteiger charge is -2.23. The standard InChI is InChI=1S/C26H27N5O3/c1-16-14-30-31-17(2)24(16)15-33-21-3-4-25(28)23(12-21)26(29)19-9-18(13-27)10-22(11-19)34-20-5-7-32-8-6-20/h3-4,9-12,14,20,29H,5-8,15,28H2,1-2H3. The summed E-state index contributed by atoms with van der Waals surface area (Å²) in [6.45, 7) is 5.50. The minimum atomic E-state index is 0.0288. The average molecular weight is 458 g/mol. The van der Waals surface area contributed by atoms with Crippen molar-refractivity contribution in [1.29, 1.82) is 10.7 Å². The average Bonchev–Trinajstić information content (AvgIpc) is 2.84. The van der Waals surface area contributed by atoms with Gasteiger partial charge in [0.1, 0.15) is 24.2 Å². The molecule has 2 heterocycles. The van der Waals surface area contributed by atoms with Crippen molar-refractivity contribution in [2.24, 2.45) is 0 Å². The van der Waals surface area contributed by atoms with Crippen molar-refractivity contribution in [1.82, 2.24) is 10.2 Å². The van der Waals surface area contributed by atoms with E-state index in [1.54, 1.807) is 42.6 Å². The highest BCUT2D eigenvalue weighted by molar-refractivity contribution is 6.14. The number of nitrogens with two attached hydrogens (primary N) is 1.